The number of hydrogen-bond donors (Lipinski definition) is 1. The van der Waals surface area contributed by atoms with Crippen LogP contribution in [0.4, 0.5) is 5.69 Å². The summed E-state index contributed by atoms with van der Waals surface area (Å²) < 4.78 is 5.94. The van der Waals surface area contributed by atoms with Gasteiger partial charge < -0.3 is 10.1 Å². The van der Waals surface area contributed by atoms with E-state index in [2.05, 4.69) is 16.3 Å². The minimum Gasteiger partial charge on any atom is -0.466 e. The molecule has 0 unspecified atom stereocenters. The largest absolute Gasteiger partial charge is 0.466 e. The molecular formula is C13H16ClN3O3. The van der Waals surface area contributed by atoms with Crippen molar-refractivity contribution in [3.8, 4) is 12.3 Å². The van der Waals surface area contributed by atoms with E-state index >= 15 is 0 Å². The van der Waals surface area contributed by atoms with Gasteiger partial charge in [-0.2, -0.15) is 5.10 Å². The molecule has 1 N–H and O–H groups in total. The predicted octanol–water partition coefficient (Wildman–Crippen LogP) is 1.29. The third-order valence-electron chi connectivity index (χ3n) is 2.40. The average molecular weight is 298 g/mol. The Morgan fingerprint density at radius 3 is 3.05 bits per heavy atom. The van der Waals surface area contributed by atoms with Gasteiger partial charge in [0.05, 0.1) is 17.8 Å². The summed E-state index contributed by atoms with van der Waals surface area (Å²) in [6.45, 7) is 2.61. The number of carbonyl (C=O) groups is 1. The van der Waals surface area contributed by atoms with Crippen molar-refractivity contribution in [1.29, 1.82) is 0 Å². The maximum Gasteiger partial charge on any atom is 0.305 e. The lowest BCUT2D eigenvalue weighted by Crippen LogP contribution is -2.26. The highest BCUT2D eigenvalue weighted by Crippen LogP contribution is 2.15. The fourth-order valence-corrected chi connectivity index (χ4v) is 1.70. The van der Waals surface area contributed by atoms with E-state index in [9.17, 15) is 9.59 Å². The molecule has 1 rings (SSSR count). The zero-order chi connectivity index (χ0) is 15.0. The van der Waals surface area contributed by atoms with Crippen molar-refractivity contribution in [2.24, 2.45) is 0 Å². The molecule has 0 atom stereocenters. The summed E-state index contributed by atoms with van der Waals surface area (Å²) in [5.74, 6) is 2.07. The number of terminal acetylenes is 1. The predicted molar refractivity (Wildman–Crippen MR) is 76.7 cm³/mol. The van der Waals surface area contributed by atoms with Gasteiger partial charge in [0.25, 0.3) is 5.56 Å². The molecule has 108 valence electrons. The van der Waals surface area contributed by atoms with Crippen molar-refractivity contribution >= 4 is 23.3 Å². The average Bonchev–Trinajstić information content (AvgIpc) is 2.41. The van der Waals surface area contributed by atoms with Gasteiger partial charge in [0.2, 0.25) is 0 Å². The Labute approximate surface area is 122 Å². The SMILES string of the molecule is C#CCn1ncc(Cl)c(NCCCC(=O)OCC)c1=O. The third-order valence-corrected chi connectivity index (χ3v) is 2.69. The normalized spacial score (nSPS) is 9.85. The van der Waals surface area contributed by atoms with Gasteiger partial charge in [-0.1, -0.05) is 17.5 Å². The zero-order valence-corrected chi connectivity index (χ0v) is 11.9. The summed E-state index contributed by atoms with van der Waals surface area (Å²) in [7, 11) is 0. The number of halogens is 1. The number of rotatable bonds is 7. The Bertz CT molecular complexity index is 563. The second-order valence-corrected chi connectivity index (χ2v) is 4.28. The molecule has 0 spiro atoms. The summed E-state index contributed by atoms with van der Waals surface area (Å²) in [6, 6.07) is 0. The number of nitrogens with zero attached hydrogens (tertiary/aromatic N) is 2. The first-order chi connectivity index (χ1) is 9.60. The molecule has 0 aromatic carbocycles. The molecule has 0 amide bonds. The van der Waals surface area contributed by atoms with E-state index in [4.69, 9.17) is 22.8 Å². The topological polar surface area (TPSA) is 73.2 Å². The molecule has 6 nitrogen and oxygen atoms in total. The summed E-state index contributed by atoms with van der Waals surface area (Å²) in [4.78, 5) is 23.1. The molecule has 0 aliphatic heterocycles. The number of hydrogen-bond acceptors (Lipinski definition) is 5. The maximum absolute atomic E-state index is 12.0. The van der Waals surface area contributed by atoms with Crippen molar-refractivity contribution in [3.63, 3.8) is 0 Å². The summed E-state index contributed by atoms with van der Waals surface area (Å²) in [5.41, 5.74) is -0.146. The number of aromatic nitrogens is 2. The van der Waals surface area contributed by atoms with Gasteiger partial charge in [-0.05, 0) is 13.3 Å². The lowest BCUT2D eigenvalue weighted by molar-refractivity contribution is -0.143. The molecule has 0 radical (unpaired) electrons. The lowest BCUT2D eigenvalue weighted by atomic mass is 10.3. The van der Waals surface area contributed by atoms with Crippen molar-refractivity contribution < 1.29 is 9.53 Å². The van der Waals surface area contributed by atoms with Crippen molar-refractivity contribution in [3.05, 3.63) is 21.6 Å². The van der Waals surface area contributed by atoms with Crippen molar-refractivity contribution in [1.82, 2.24) is 9.78 Å². The minimum atomic E-state index is -0.383. The van der Waals surface area contributed by atoms with Gasteiger partial charge in [0.1, 0.15) is 12.2 Å². The molecule has 1 aromatic rings. The number of anilines is 1. The van der Waals surface area contributed by atoms with Crippen LogP contribution in [-0.2, 0) is 16.1 Å². The smallest absolute Gasteiger partial charge is 0.305 e. The second kappa shape index (κ2) is 8.23. The van der Waals surface area contributed by atoms with Gasteiger partial charge in [-0.3, -0.25) is 9.59 Å². The van der Waals surface area contributed by atoms with Crippen LogP contribution in [0, 0.1) is 12.3 Å². The van der Waals surface area contributed by atoms with Crippen molar-refractivity contribution in [2.75, 3.05) is 18.5 Å². The van der Waals surface area contributed by atoms with Crippen LogP contribution in [0.25, 0.3) is 0 Å². The van der Waals surface area contributed by atoms with Gasteiger partial charge in [-0.25, -0.2) is 4.68 Å². The van der Waals surface area contributed by atoms with Crippen LogP contribution in [0.1, 0.15) is 19.8 Å². The molecule has 1 heterocycles. The minimum absolute atomic E-state index is 0.0769. The van der Waals surface area contributed by atoms with Crippen LogP contribution in [0.3, 0.4) is 0 Å². The van der Waals surface area contributed by atoms with Crippen molar-refractivity contribution in [2.45, 2.75) is 26.3 Å². The van der Waals surface area contributed by atoms with Crippen LogP contribution in [0.2, 0.25) is 5.02 Å². The van der Waals surface area contributed by atoms with Crippen LogP contribution in [-0.4, -0.2) is 28.9 Å². The fraction of sp³-hybridized carbons (Fsp3) is 0.462. The second-order valence-electron chi connectivity index (χ2n) is 3.87. The Morgan fingerprint density at radius 2 is 2.40 bits per heavy atom. The molecule has 1 aromatic heterocycles. The Balaban J connectivity index is 2.60. The third kappa shape index (κ3) is 4.59. The first kappa shape index (κ1) is 16.1. The summed E-state index contributed by atoms with van der Waals surface area (Å²) >= 11 is 5.91. The van der Waals surface area contributed by atoms with E-state index in [-0.39, 0.29) is 35.2 Å². The van der Waals surface area contributed by atoms with Crippen LogP contribution < -0.4 is 10.9 Å². The lowest BCUT2D eigenvalue weighted by Gasteiger charge is -2.09. The fourth-order valence-electron chi connectivity index (χ4n) is 1.51. The highest BCUT2D eigenvalue weighted by Gasteiger charge is 2.09. The quantitative estimate of drug-likeness (QED) is 0.466. The standard InChI is InChI=1S/C13H16ClN3O3/c1-3-8-17-13(19)12(10(14)9-16-17)15-7-5-6-11(18)20-4-2/h1,9,15H,4-8H2,2H3. The van der Waals surface area contributed by atoms with Gasteiger partial charge >= 0.3 is 5.97 Å². The number of ether oxygens (including phenoxy) is 1. The highest BCUT2D eigenvalue weighted by atomic mass is 35.5. The first-order valence-electron chi connectivity index (χ1n) is 6.18. The molecule has 0 bridgehead atoms. The molecule has 0 saturated heterocycles. The van der Waals surface area contributed by atoms with E-state index in [1.807, 2.05) is 0 Å². The Kier molecular flexibility index (Phi) is 6.60. The van der Waals surface area contributed by atoms with Gasteiger partial charge in [0.15, 0.2) is 0 Å². The summed E-state index contributed by atoms with van der Waals surface area (Å²) in [6.07, 6.45) is 7.32. The van der Waals surface area contributed by atoms with E-state index in [1.54, 1.807) is 6.92 Å². The highest BCUT2D eigenvalue weighted by molar-refractivity contribution is 6.32. The molecule has 20 heavy (non-hydrogen) atoms. The summed E-state index contributed by atoms with van der Waals surface area (Å²) in [5, 5.41) is 6.94. The Hall–Kier alpha value is -2.00. The monoisotopic (exact) mass is 297 g/mol. The van der Waals surface area contributed by atoms with Crippen LogP contribution >= 0.6 is 11.6 Å². The maximum atomic E-state index is 12.0. The van der Waals surface area contributed by atoms with Crippen LogP contribution in [0.5, 0.6) is 0 Å². The number of nitrogens with one attached hydrogen (secondary N) is 1. The van der Waals surface area contributed by atoms with E-state index in [1.165, 1.54) is 6.20 Å². The molecular weight excluding hydrogens is 282 g/mol. The van der Waals surface area contributed by atoms with E-state index in [0.717, 1.165) is 4.68 Å². The zero-order valence-electron chi connectivity index (χ0n) is 11.2. The molecule has 0 saturated carbocycles. The molecule has 0 aliphatic rings. The van der Waals surface area contributed by atoms with E-state index in [0.29, 0.717) is 19.6 Å². The van der Waals surface area contributed by atoms with Gasteiger partial charge in [0, 0.05) is 13.0 Å². The molecule has 7 heteroatoms. The van der Waals surface area contributed by atoms with Gasteiger partial charge in [-0.15, -0.1) is 6.42 Å². The van der Waals surface area contributed by atoms with Crippen LogP contribution in [0.15, 0.2) is 11.0 Å². The first-order valence-corrected chi connectivity index (χ1v) is 6.56. The Morgan fingerprint density at radius 1 is 1.65 bits per heavy atom. The molecule has 0 aliphatic carbocycles. The molecule has 0 fully saturated rings. The number of esters is 1. The van der Waals surface area contributed by atoms with E-state index < -0.39 is 0 Å². The number of carbonyl (C=O) groups excluding carboxylic acids is 1.